The summed E-state index contributed by atoms with van der Waals surface area (Å²) in [6, 6.07) is 0. The maximum atomic E-state index is 10.9. The number of rotatable bonds is 19. The monoisotopic (exact) mass is 524 g/mol. The Morgan fingerprint density at radius 3 is 2.05 bits per heavy atom. The Morgan fingerprint density at radius 2 is 1.47 bits per heavy atom. The Hall–Kier alpha value is -2.13. The molecular formula is C35H56O3. The van der Waals surface area contributed by atoms with Crippen LogP contribution in [0, 0.1) is 11.8 Å². The van der Waals surface area contributed by atoms with Crippen molar-refractivity contribution in [1.82, 2.24) is 0 Å². The van der Waals surface area contributed by atoms with Gasteiger partial charge in [0.1, 0.15) is 6.61 Å². The van der Waals surface area contributed by atoms with Gasteiger partial charge in [0.25, 0.3) is 0 Å². The van der Waals surface area contributed by atoms with Gasteiger partial charge in [0.15, 0.2) is 0 Å². The van der Waals surface area contributed by atoms with E-state index in [1.165, 1.54) is 33.4 Å². The van der Waals surface area contributed by atoms with Crippen molar-refractivity contribution in [3.8, 4) is 0 Å². The highest BCUT2D eigenvalue weighted by atomic mass is 16.5. The van der Waals surface area contributed by atoms with E-state index >= 15 is 0 Å². The van der Waals surface area contributed by atoms with Crippen molar-refractivity contribution in [2.45, 2.75) is 119 Å². The van der Waals surface area contributed by atoms with Gasteiger partial charge in [-0.1, -0.05) is 70.4 Å². The molecule has 3 nitrogen and oxygen atoms in total. The summed E-state index contributed by atoms with van der Waals surface area (Å²) in [5.74, 6) is 0.0409. The third-order valence-corrected chi connectivity index (χ3v) is 7.24. The number of hydrogen-bond donors (Lipinski definition) is 1. The first-order valence-corrected chi connectivity index (χ1v) is 14.8. The molecule has 1 rings (SSSR count). The number of carbonyl (C=O) groups is 1. The van der Waals surface area contributed by atoms with Gasteiger partial charge in [-0.3, -0.25) is 0 Å². The number of hydrogen-bond acceptors (Lipinski definition) is 2. The van der Waals surface area contributed by atoms with Crippen molar-refractivity contribution in [3.63, 3.8) is 0 Å². The van der Waals surface area contributed by atoms with Crippen LogP contribution in [0.1, 0.15) is 119 Å². The molecule has 0 spiro atoms. The molecule has 1 aliphatic carbocycles. The maximum Gasteiger partial charge on any atom is 0.329 e. The lowest BCUT2D eigenvalue weighted by atomic mass is 9.79. The first-order chi connectivity index (χ1) is 18.0. The van der Waals surface area contributed by atoms with Crippen LogP contribution in [0.25, 0.3) is 0 Å². The van der Waals surface area contributed by atoms with E-state index in [0.29, 0.717) is 18.4 Å². The molecule has 2 atom stereocenters. The van der Waals surface area contributed by atoms with Gasteiger partial charge in [0, 0.05) is 0 Å². The number of ether oxygens (including phenoxy) is 1. The lowest BCUT2D eigenvalue weighted by Crippen LogP contribution is -2.21. The molecule has 0 amide bonds. The van der Waals surface area contributed by atoms with Gasteiger partial charge in [-0.15, -0.1) is 0 Å². The second-order valence-electron chi connectivity index (χ2n) is 11.9. The molecule has 0 radical (unpaired) electrons. The van der Waals surface area contributed by atoms with Crippen LogP contribution in [0.3, 0.4) is 0 Å². The average Bonchev–Trinajstić information content (AvgIpc) is 2.82. The summed E-state index contributed by atoms with van der Waals surface area (Å²) in [4.78, 5) is 10.9. The van der Waals surface area contributed by atoms with Crippen molar-refractivity contribution in [3.05, 3.63) is 70.4 Å². The van der Waals surface area contributed by atoms with Gasteiger partial charge in [-0.25, -0.2) is 4.79 Å². The third kappa shape index (κ3) is 18.2. The Morgan fingerprint density at radius 1 is 0.895 bits per heavy atom. The van der Waals surface area contributed by atoms with Crippen molar-refractivity contribution < 1.29 is 14.6 Å². The number of carboxylic acid groups (broad SMARTS) is 1. The highest BCUT2D eigenvalue weighted by Crippen LogP contribution is 2.34. The molecule has 0 unspecified atom stereocenters. The minimum absolute atomic E-state index is 0.202. The Labute approximate surface area is 234 Å². The molecule has 0 aromatic rings. The number of aliphatic carboxylic acids is 1. The minimum Gasteiger partial charge on any atom is -0.480 e. The summed E-state index contributed by atoms with van der Waals surface area (Å²) < 4.78 is 5.51. The van der Waals surface area contributed by atoms with Crippen LogP contribution in [0.5, 0.6) is 0 Å². The predicted octanol–water partition coefficient (Wildman–Crippen LogP) is 10.3. The number of allylic oxidation sites excluding steroid dienone is 11. The Bertz CT molecular complexity index is 873. The van der Waals surface area contributed by atoms with Gasteiger partial charge in [-0.05, 0) is 130 Å². The van der Waals surface area contributed by atoms with Crippen LogP contribution in [0.2, 0.25) is 0 Å². The van der Waals surface area contributed by atoms with Crippen LogP contribution < -0.4 is 0 Å². The molecular weight excluding hydrogens is 468 g/mol. The summed E-state index contributed by atoms with van der Waals surface area (Å²) in [6.07, 6.45) is 25.0. The van der Waals surface area contributed by atoms with Crippen LogP contribution in [0.4, 0.5) is 0 Å². The Balaban J connectivity index is 2.59. The smallest absolute Gasteiger partial charge is 0.329 e. The van der Waals surface area contributed by atoms with Crippen LogP contribution in [-0.4, -0.2) is 24.3 Å². The van der Waals surface area contributed by atoms with E-state index in [4.69, 9.17) is 9.84 Å². The molecule has 1 N–H and O–H groups in total. The summed E-state index contributed by atoms with van der Waals surface area (Å²) in [7, 11) is 0. The molecule has 0 fully saturated rings. The first kappa shape index (κ1) is 33.9. The van der Waals surface area contributed by atoms with Crippen molar-refractivity contribution in [2.24, 2.45) is 11.8 Å². The fourth-order valence-electron chi connectivity index (χ4n) is 5.10. The van der Waals surface area contributed by atoms with E-state index in [-0.39, 0.29) is 6.61 Å². The molecule has 0 aromatic heterocycles. The maximum absolute atomic E-state index is 10.9. The van der Waals surface area contributed by atoms with Gasteiger partial charge in [-0.2, -0.15) is 0 Å². The molecule has 0 saturated heterocycles. The molecule has 0 bridgehead atoms. The molecule has 214 valence electrons. The lowest BCUT2D eigenvalue weighted by molar-refractivity contribution is -0.142. The fourth-order valence-corrected chi connectivity index (χ4v) is 5.10. The van der Waals surface area contributed by atoms with Crippen LogP contribution in [0.15, 0.2) is 70.4 Å². The molecule has 0 aromatic carbocycles. The average molecular weight is 525 g/mol. The molecule has 0 aliphatic heterocycles. The Kier molecular flexibility index (Phi) is 17.7. The van der Waals surface area contributed by atoms with Crippen LogP contribution in [-0.2, 0) is 9.53 Å². The highest BCUT2D eigenvalue weighted by Gasteiger charge is 2.23. The van der Waals surface area contributed by atoms with Gasteiger partial charge >= 0.3 is 5.97 Å². The van der Waals surface area contributed by atoms with Crippen LogP contribution >= 0.6 is 0 Å². The summed E-state index contributed by atoms with van der Waals surface area (Å²) in [5, 5.41) is 8.96. The molecule has 0 heterocycles. The van der Waals surface area contributed by atoms with E-state index in [1.54, 1.807) is 0 Å². The molecule has 0 saturated carbocycles. The SMILES string of the molecule is C=C(CC/C=C(\C)CCC=C(C)C)CC[C@@H]1C=C(CC/C=C(\C)CCC=C(C)C)C[C@H](COCC(=O)O)C1. The van der Waals surface area contributed by atoms with E-state index in [2.05, 4.69) is 78.5 Å². The van der Waals surface area contributed by atoms with Crippen molar-refractivity contribution in [2.75, 3.05) is 13.2 Å². The zero-order valence-corrected chi connectivity index (χ0v) is 25.4. The lowest BCUT2D eigenvalue weighted by Gasteiger charge is -2.29. The quantitative estimate of drug-likeness (QED) is 0.171. The molecule has 3 heteroatoms. The zero-order chi connectivity index (χ0) is 28.3. The van der Waals surface area contributed by atoms with E-state index < -0.39 is 5.97 Å². The standard InChI is InChI=1S/C35H56O3/c1-27(2)12-8-14-29(5)16-10-17-31(7)20-21-33-22-32(23-34(24-33)25-38-26-35(36)37)19-11-18-30(6)15-9-13-28(3)4/h12-13,16,18,22,33-34H,7-11,14-15,17,19-21,23-26H2,1-6H3,(H,36,37)/b29-16+,30-18+/t33-,34+/m1/s1. The zero-order valence-electron chi connectivity index (χ0n) is 25.4. The largest absolute Gasteiger partial charge is 0.480 e. The summed E-state index contributed by atoms with van der Waals surface area (Å²) in [6.45, 7) is 17.8. The minimum atomic E-state index is -0.889. The highest BCUT2D eigenvalue weighted by molar-refractivity contribution is 5.67. The van der Waals surface area contributed by atoms with E-state index in [0.717, 1.165) is 77.0 Å². The molecule has 38 heavy (non-hydrogen) atoms. The van der Waals surface area contributed by atoms with E-state index in [1.807, 2.05) is 0 Å². The predicted molar refractivity (Wildman–Crippen MR) is 164 cm³/mol. The van der Waals surface area contributed by atoms with Crippen molar-refractivity contribution >= 4 is 5.97 Å². The second-order valence-corrected chi connectivity index (χ2v) is 11.9. The normalized spacial score (nSPS) is 18.1. The third-order valence-electron chi connectivity index (χ3n) is 7.24. The summed E-state index contributed by atoms with van der Waals surface area (Å²) in [5.41, 5.74) is 8.57. The fraction of sp³-hybridized carbons (Fsp3) is 0.629. The summed E-state index contributed by atoms with van der Waals surface area (Å²) >= 11 is 0. The second kappa shape index (κ2) is 19.9. The van der Waals surface area contributed by atoms with Gasteiger partial charge in [0.05, 0.1) is 6.61 Å². The van der Waals surface area contributed by atoms with Gasteiger partial charge < -0.3 is 9.84 Å². The topological polar surface area (TPSA) is 46.5 Å². The van der Waals surface area contributed by atoms with Gasteiger partial charge in [0.2, 0.25) is 0 Å². The first-order valence-electron chi connectivity index (χ1n) is 14.8. The number of carboxylic acids is 1. The van der Waals surface area contributed by atoms with E-state index in [9.17, 15) is 4.79 Å². The van der Waals surface area contributed by atoms with Crippen molar-refractivity contribution in [1.29, 1.82) is 0 Å². The molecule has 1 aliphatic rings.